The summed E-state index contributed by atoms with van der Waals surface area (Å²) in [6.45, 7) is 3.91. The summed E-state index contributed by atoms with van der Waals surface area (Å²) in [6, 6.07) is 6.74. The van der Waals surface area contributed by atoms with Crippen LogP contribution in [0, 0.1) is 5.41 Å². The number of hydrogen-bond acceptors (Lipinski definition) is 4. The van der Waals surface area contributed by atoms with Crippen LogP contribution in [0.1, 0.15) is 23.2 Å². The van der Waals surface area contributed by atoms with Crippen molar-refractivity contribution in [3.05, 3.63) is 42.5 Å². The average Bonchev–Trinajstić information content (AvgIpc) is 2.81. The molecular formula is C15H16O4. The summed E-state index contributed by atoms with van der Waals surface area (Å²) >= 11 is 0. The summed E-state index contributed by atoms with van der Waals surface area (Å²) in [5.41, 5.74) is -0.613. The molecule has 0 amide bonds. The summed E-state index contributed by atoms with van der Waals surface area (Å²) in [6.07, 6.45) is 2.30. The summed E-state index contributed by atoms with van der Waals surface area (Å²) in [5.74, 6) is 0.00842. The number of carbonyl (C=O) groups is 2. The Morgan fingerprint density at radius 1 is 1.47 bits per heavy atom. The number of rotatable bonds is 5. The number of esters is 1. The SMILES string of the molecule is C=CC[C@]1(C(=O)c2ccc(OC)cc2)CCOC1=O. The van der Waals surface area contributed by atoms with Crippen LogP contribution in [0.25, 0.3) is 0 Å². The Kier molecular flexibility index (Phi) is 3.69. The Balaban J connectivity index is 2.33. The number of methoxy groups -OCH3 is 1. The first-order chi connectivity index (χ1) is 9.14. The van der Waals surface area contributed by atoms with E-state index in [2.05, 4.69) is 6.58 Å². The van der Waals surface area contributed by atoms with E-state index in [4.69, 9.17) is 9.47 Å². The Labute approximate surface area is 112 Å². The zero-order chi connectivity index (χ0) is 13.9. The van der Waals surface area contributed by atoms with Gasteiger partial charge in [0, 0.05) is 12.0 Å². The standard InChI is InChI=1S/C15H16O4/c1-3-8-15(9-10-19-14(15)17)13(16)11-4-6-12(18-2)7-5-11/h3-7H,1,8-10H2,2H3/t15-/m1/s1. The van der Waals surface area contributed by atoms with Gasteiger partial charge in [0.1, 0.15) is 11.2 Å². The number of hydrogen-bond donors (Lipinski definition) is 0. The molecule has 1 heterocycles. The Morgan fingerprint density at radius 2 is 2.16 bits per heavy atom. The Morgan fingerprint density at radius 3 is 2.63 bits per heavy atom. The van der Waals surface area contributed by atoms with E-state index in [0.29, 0.717) is 24.2 Å². The largest absolute Gasteiger partial charge is 0.497 e. The number of carbonyl (C=O) groups excluding carboxylic acids is 2. The highest BCUT2D eigenvalue weighted by Gasteiger charge is 2.50. The first kappa shape index (κ1) is 13.3. The van der Waals surface area contributed by atoms with Crippen LogP contribution < -0.4 is 4.74 Å². The lowest BCUT2D eigenvalue weighted by molar-refractivity contribution is -0.144. The molecule has 4 nitrogen and oxygen atoms in total. The number of cyclic esters (lactones) is 1. The van der Waals surface area contributed by atoms with E-state index in [1.165, 1.54) is 0 Å². The number of allylic oxidation sites excluding steroid dienone is 1. The van der Waals surface area contributed by atoms with Crippen LogP contribution >= 0.6 is 0 Å². The van der Waals surface area contributed by atoms with E-state index < -0.39 is 11.4 Å². The topological polar surface area (TPSA) is 52.6 Å². The zero-order valence-corrected chi connectivity index (χ0v) is 10.8. The molecule has 1 aromatic rings. The van der Waals surface area contributed by atoms with Crippen molar-refractivity contribution in [1.82, 2.24) is 0 Å². The quantitative estimate of drug-likeness (QED) is 0.353. The van der Waals surface area contributed by atoms with Crippen molar-refractivity contribution in [3.8, 4) is 5.75 Å². The molecule has 1 aliphatic heterocycles. The summed E-state index contributed by atoms with van der Waals surface area (Å²) < 4.78 is 10.0. The lowest BCUT2D eigenvalue weighted by Crippen LogP contribution is -2.35. The Hall–Kier alpha value is -2.10. The molecule has 0 saturated carbocycles. The van der Waals surface area contributed by atoms with Gasteiger partial charge in [-0.2, -0.15) is 0 Å². The second-order valence-corrected chi connectivity index (χ2v) is 4.52. The highest BCUT2D eigenvalue weighted by molar-refractivity contribution is 6.13. The molecule has 0 bridgehead atoms. The van der Waals surface area contributed by atoms with Gasteiger partial charge < -0.3 is 9.47 Å². The van der Waals surface area contributed by atoms with E-state index in [9.17, 15) is 9.59 Å². The van der Waals surface area contributed by atoms with Gasteiger partial charge in [0.05, 0.1) is 13.7 Å². The molecule has 0 aromatic heterocycles. The molecule has 0 radical (unpaired) electrons. The van der Waals surface area contributed by atoms with Crippen molar-refractivity contribution < 1.29 is 19.1 Å². The molecule has 1 aromatic carbocycles. The van der Waals surface area contributed by atoms with Gasteiger partial charge in [-0.05, 0) is 30.7 Å². The van der Waals surface area contributed by atoms with Crippen LogP contribution in [0.15, 0.2) is 36.9 Å². The highest BCUT2D eigenvalue weighted by Crippen LogP contribution is 2.37. The molecule has 2 rings (SSSR count). The molecule has 0 unspecified atom stereocenters. The second-order valence-electron chi connectivity index (χ2n) is 4.52. The van der Waals surface area contributed by atoms with Crippen LogP contribution in [-0.2, 0) is 9.53 Å². The van der Waals surface area contributed by atoms with E-state index in [-0.39, 0.29) is 12.4 Å². The van der Waals surface area contributed by atoms with E-state index in [0.717, 1.165) is 0 Å². The van der Waals surface area contributed by atoms with Gasteiger partial charge in [0.2, 0.25) is 0 Å². The first-order valence-corrected chi connectivity index (χ1v) is 6.11. The van der Waals surface area contributed by atoms with E-state index in [1.54, 1.807) is 37.5 Å². The number of ether oxygens (including phenoxy) is 2. The molecule has 100 valence electrons. The van der Waals surface area contributed by atoms with Crippen LogP contribution in [0.4, 0.5) is 0 Å². The van der Waals surface area contributed by atoms with Crippen molar-refractivity contribution in [2.45, 2.75) is 12.8 Å². The summed E-state index contributed by atoms with van der Waals surface area (Å²) in [5, 5.41) is 0. The normalized spacial score (nSPS) is 21.8. The van der Waals surface area contributed by atoms with Gasteiger partial charge in [0.15, 0.2) is 5.78 Å². The highest BCUT2D eigenvalue weighted by atomic mass is 16.5. The molecule has 0 N–H and O–H groups in total. The molecule has 0 aliphatic carbocycles. The molecule has 1 aliphatic rings. The Bertz CT molecular complexity index is 503. The first-order valence-electron chi connectivity index (χ1n) is 6.11. The predicted octanol–water partition coefficient (Wildman–Crippen LogP) is 2.39. The summed E-state index contributed by atoms with van der Waals surface area (Å²) in [4.78, 5) is 24.5. The van der Waals surface area contributed by atoms with E-state index in [1.807, 2.05) is 0 Å². The van der Waals surface area contributed by atoms with E-state index >= 15 is 0 Å². The molecule has 19 heavy (non-hydrogen) atoms. The van der Waals surface area contributed by atoms with Crippen molar-refractivity contribution in [2.24, 2.45) is 5.41 Å². The maximum atomic E-state index is 12.6. The minimum atomic E-state index is -1.10. The molecule has 0 spiro atoms. The molecule has 1 saturated heterocycles. The minimum Gasteiger partial charge on any atom is -0.497 e. The fraction of sp³-hybridized carbons (Fsp3) is 0.333. The summed E-state index contributed by atoms with van der Waals surface area (Å²) in [7, 11) is 1.56. The van der Waals surface area contributed by atoms with Crippen molar-refractivity contribution in [2.75, 3.05) is 13.7 Å². The molecule has 1 fully saturated rings. The lowest BCUT2D eigenvalue weighted by Gasteiger charge is -2.21. The second kappa shape index (κ2) is 5.26. The monoisotopic (exact) mass is 260 g/mol. The average molecular weight is 260 g/mol. The zero-order valence-electron chi connectivity index (χ0n) is 10.8. The van der Waals surface area contributed by atoms with Gasteiger partial charge in [-0.1, -0.05) is 6.08 Å². The van der Waals surface area contributed by atoms with Gasteiger partial charge >= 0.3 is 5.97 Å². The number of Topliss-reactive ketones (excluding diaryl/α,β-unsaturated/α-hetero) is 1. The van der Waals surface area contributed by atoms with Crippen molar-refractivity contribution >= 4 is 11.8 Å². The third kappa shape index (κ3) is 2.26. The molecule has 4 heteroatoms. The van der Waals surface area contributed by atoms with Crippen LogP contribution in [0.2, 0.25) is 0 Å². The smallest absolute Gasteiger partial charge is 0.320 e. The van der Waals surface area contributed by atoms with Crippen LogP contribution in [0.3, 0.4) is 0 Å². The van der Waals surface area contributed by atoms with Gasteiger partial charge in [-0.15, -0.1) is 6.58 Å². The predicted molar refractivity (Wildman–Crippen MR) is 70.1 cm³/mol. The van der Waals surface area contributed by atoms with Gasteiger partial charge in [-0.25, -0.2) is 0 Å². The lowest BCUT2D eigenvalue weighted by atomic mass is 9.76. The molecule has 1 atom stereocenters. The van der Waals surface area contributed by atoms with Gasteiger partial charge in [0.25, 0.3) is 0 Å². The van der Waals surface area contributed by atoms with Crippen molar-refractivity contribution in [3.63, 3.8) is 0 Å². The minimum absolute atomic E-state index is 0.211. The number of benzene rings is 1. The fourth-order valence-electron chi connectivity index (χ4n) is 2.31. The third-order valence-corrected chi connectivity index (χ3v) is 3.43. The maximum Gasteiger partial charge on any atom is 0.320 e. The van der Waals surface area contributed by atoms with Crippen LogP contribution in [0.5, 0.6) is 5.75 Å². The number of ketones is 1. The van der Waals surface area contributed by atoms with Gasteiger partial charge in [-0.3, -0.25) is 9.59 Å². The maximum absolute atomic E-state index is 12.6. The third-order valence-electron chi connectivity index (χ3n) is 3.43. The fourth-order valence-corrected chi connectivity index (χ4v) is 2.31. The van der Waals surface area contributed by atoms with Crippen molar-refractivity contribution in [1.29, 1.82) is 0 Å². The molecular weight excluding hydrogens is 244 g/mol. The van der Waals surface area contributed by atoms with Crippen LogP contribution in [-0.4, -0.2) is 25.5 Å².